The van der Waals surface area contributed by atoms with Crippen molar-refractivity contribution < 1.29 is 24.2 Å². The van der Waals surface area contributed by atoms with E-state index in [0.29, 0.717) is 6.42 Å². The number of aliphatic hydroxyl groups is 2. The van der Waals surface area contributed by atoms with Gasteiger partial charge in [0.25, 0.3) is 11.4 Å². The zero-order valence-electron chi connectivity index (χ0n) is 22.4. The fourth-order valence-electron chi connectivity index (χ4n) is 3.38. The van der Waals surface area contributed by atoms with Gasteiger partial charge >= 0.3 is 0 Å². The molecule has 3 N–H and O–H groups in total. The third-order valence-corrected chi connectivity index (χ3v) is 5.35. The van der Waals surface area contributed by atoms with Gasteiger partial charge in [-0.1, -0.05) is 83.3 Å². The van der Waals surface area contributed by atoms with E-state index in [1.807, 2.05) is 0 Å². The molecule has 0 radical (unpaired) electrons. The number of nitrogens with one attached hydrogen (secondary N) is 1. The predicted molar refractivity (Wildman–Crippen MR) is 130 cm³/mol. The van der Waals surface area contributed by atoms with Gasteiger partial charge in [-0.25, -0.2) is 0 Å². The molecule has 0 aliphatic heterocycles. The van der Waals surface area contributed by atoms with Crippen LogP contribution in [0.2, 0.25) is 0 Å². The second-order valence-corrected chi connectivity index (χ2v) is 8.06. The number of allylic oxidation sites excluding steroid dienone is 1. The first kappa shape index (κ1) is 23.6. The van der Waals surface area contributed by atoms with Crippen LogP contribution >= 0.6 is 0 Å². The molecule has 1 rings (SSSR count). The van der Waals surface area contributed by atoms with Crippen LogP contribution in [0.3, 0.4) is 0 Å². The number of unbranched alkanes of at least 4 members (excludes halogenated alkanes) is 9. The molecule has 0 fully saturated rings. The largest absolute Gasteiger partial charge is 0.394 e. The van der Waals surface area contributed by atoms with Gasteiger partial charge in [-0.05, 0) is 18.9 Å². The van der Waals surface area contributed by atoms with Gasteiger partial charge in [0.2, 0.25) is 0 Å². The molecule has 0 saturated heterocycles. The smallest absolute Gasteiger partial charge is 0.299 e. The van der Waals surface area contributed by atoms with Gasteiger partial charge in [-0.15, -0.1) is 0 Å². The number of nitro benzene ring substituents is 2. The topological polar surface area (TPSA) is 139 Å². The maximum atomic E-state index is 11.3. The number of nitrogens with zero attached hydrogens (tertiary/aromatic N) is 2. The Balaban J connectivity index is 2.64. The molecule has 2 atom stereocenters. The maximum absolute atomic E-state index is 11.3. The molecule has 0 unspecified atom stereocenters. The second-order valence-electron chi connectivity index (χ2n) is 8.06. The Morgan fingerprint density at radius 2 is 1.61 bits per heavy atom. The third kappa shape index (κ3) is 11.8. The van der Waals surface area contributed by atoms with Crippen molar-refractivity contribution in [3.05, 3.63) is 50.6 Å². The van der Waals surface area contributed by atoms with Gasteiger partial charge < -0.3 is 15.5 Å². The highest BCUT2D eigenvalue weighted by molar-refractivity contribution is 5.65. The minimum Gasteiger partial charge on any atom is -0.394 e. The summed E-state index contributed by atoms with van der Waals surface area (Å²) >= 11 is 0. The maximum Gasteiger partial charge on any atom is 0.299 e. The fourth-order valence-corrected chi connectivity index (χ4v) is 3.38. The van der Waals surface area contributed by atoms with Crippen LogP contribution in [0.5, 0.6) is 0 Å². The number of non-ortho nitro benzene ring substituents is 1. The Labute approximate surface area is 200 Å². The highest BCUT2D eigenvalue weighted by Crippen LogP contribution is 2.29. The van der Waals surface area contributed by atoms with Crippen molar-refractivity contribution in [3.8, 4) is 0 Å². The summed E-state index contributed by atoms with van der Waals surface area (Å²) < 4.78 is 24.4. The van der Waals surface area contributed by atoms with Gasteiger partial charge in [0, 0.05) is 8.81 Å². The lowest BCUT2D eigenvalue weighted by atomic mass is 10.0. The minimum absolute atomic E-state index is 0.122. The number of anilines is 1. The minimum atomic E-state index is -1.97. The van der Waals surface area contributed by atoms with Crippen LogP contribution < -0.4 is 5.32 Å². The molecule has 33 heavy (non-hydrogen) atoms. The Bertz CT molecular complexity index is 869. The van der Waals surface area contributed by atoms with Crippen molar-refractivity contribution >= 4 is 17.1 Å². The first-order valence-corrected chi connectivity index (χ1v) is 11.7. The third-order valence-electron chi connectivity index (χ3n) is 5.35. The molecule has 0 aliphatic rings. The second kappa shape index (κ2) is 17.0. The molecule has 0 amide bonds. The van der Waals surface area contributed by atoms with E-state index < -0.39 is 52.4 Å². The molecule has 0 aliphatic carbocycles. The Morgan fingerprint density at radius 1 is 1.03 bits per heavy atom. The molecule has 0 aromatic heterocycles. The van der Waals surface area contributed by atoms with E-state index in [1.54, 1.807) is 0 Å². The number of hydrogen-bond acceptors (Lipinski definition) is 7. The molecule has 0 spiro atoms. The molecule has 0 heterocycles. The van der Waals surface area contributed by atoms with E-state index in [-0.39, 0.29) is 12.1 Å². The predicted octanol–water partition coefficient (Wildman–Crippen LogP) is 5.89. The average Bonchev–Trinajstić information content (AvgIpc) is 2.83. The summed E-state index contributed by atoms with van der Waals surface area (Å²) in [6, 6.07) is 1.28. The van der Waals surface area contributed by atoms with Crippen molar-refractivity contribution in [3.63, 3.8) is 0 Å². The SMILES string of the molecule is [2H]/C(=C\[C@@H](O)[C@H](CO)Nc1ccc([N+](=O)[O-])cc1[N+](=O)[O-])C([2H])([2H])CCCCCCCCCCCC. The zero-order valence-corrected chi connectivity index (χ0v) is 19.4. The standard InChI is InChI=1S/C24H39N3O6/c1-2-3-4-5-6-7-8-9-10-11-12-13-14-15-24(29)22(19-28)25-21-17-16-20(26(30)31)18-23(21)27(32)33/h14-18,22,24-25,28-29H,2-13,19H2,1H3/b15-14+/t22-,24+/m0/s1/i13D2,14D. The van der Waals surface area contributed by atoms with E-state index in [2.05, 4.69) is 12.2 Å². The quantitative estimate of drug-likeness (QED) is 0.0994. The van der Waals surface area contributed by atoms with Crippen LogP contribution in [-0.2, 0) is 0 Å². The normalized spacial score (nSPS) is 15.2. The van der Waals surface area contributed by atoms with Crippen molar-refractivity contribution in [2.24, 2.45) is 0 Å². The van der Waals surface area contributed by atoms with Crippen molar-refractivity contribution in [1.82, 2.24) is 0 Å². The summed E-state index contributed by atoms with van der Waals surface area (Å²) in [5.74, 6) is 0. The molecular formula is C24H39N3O6. The highest BCUT2D eigenvalue weighted by Gasteiger charge is 2.23. The first-order valence-electron chi connectivity index (χ1n) is 13.2. The zero-order chi connectivity index (χ0) is 27.1. The van der Waals surface area contributed by atoms with E-state index in [1.165, 1.54) is 38.5 Å². The summed E-state index contributed by atoms with van der Waals surface area (Å²) in [4.78, 5) is 20.6. The van der Waals surface area contributed by atoms with Gasteiger partial charge in [0.1, 0.15) is 5.69 Å². The molecule has 186 valence electrons. The van der Waals surface area contributed by atoms with Crippen molar-refractivity contribution in [1.29, 1.82) is 0 Å². The molecule has 0 saturated carbocycles. The van der Waals surface area contributed by atoms with Gasteiger partial charge in [-0.3, -0.25) is 20.2 Å². The van der Waals surface area contributed by atoms with E-state index in [0.717, 1.165) is 43.5 Å². The molecule has 9 heteroatoms. The first-order chi connectivity index (χ1) is 17.0. The summed E-state index contributed by atoms with van der Waals surface area (Å²) in [7, 11) is 0. The summed E-state index contributed by atoms with van der Waals surface area (Å²) in [6.45, 7) is 1.51. The summed E-state index contributed by atoms with van der Waals surface area (Å²) in [5, 5.41) is 44.9. The van der Waals surface area contributed by atoms with Crippen LogP contribution in [0.25, 0.3) is 0 Å². The Morgan fingerprint density at radius 3 is 2.12 bits per heavy atom. The number of hydrogen-bond donors (Lipinski definition) is 3. The van der Waals surface area contributed by atoms with Crippen LogP contribution in [0, 0.1) is 20.2 Å². The molecule has 9 nitrogen and oxygen atoms in total. The lowest BCUT2D eigenvalue weighted by molar-refractivity contribution is -0.393. The van der Waals surface area contributed by atoms with Crippen LogP contribution in [-0.4, -0.2) is 38.8 Å². The highest BCUT2D eigenvalue weighted by atomic mass is 16.6. The lowest BCUT2D eigenvalue weighted by Crippen LogP contribution is -2.35. The fraction of sp³-hybridized carbons (Fsp3) is 0.667. The molecule has 0 bridgehead atoms. The average molecular weight is 469 g/mol. The molecular weight excluding hydrogens is 426 g/mol. The van der Waals surface area contributed by atoms with E-state index in [9.17, 15) is 30.4 Å². The number of rotatable bonds is 19. The number of benzene rings is 1. The lowest BCUT2D eigenvalue weighted by Gasteiger charge is -2.20. The van der Waals surface area contributed by atoms with Crippen LogP contribution in [0.4, 0.5) is 17.1 Å². The van der Waals surface area contributed by atoms with Crippen LogP contribution in [0.15, 0.2) is 30.3 Å². The number of nitro groups is 2. The van der Waals surface area contributed by atoms with Crippen molar-refractivity contribution in [2.45, 2.75) is 96.1 Å². The monoisotopic (exact) mass is 468 g/mol. The summed E-state index contributed by atoms with van der Waals surface area (Å²) in [6.07, 6.45) is 8.61. The Hall–Kier alpha value is -2.52. The van der Waals surface area contributed by atoms with Gasteiger partial charge in [0.05, 0.1) is 36.0 Å². The van der Waals surface area contributed by atoms with E-state index in [4.69, 9.17) is 4.11 Å². The van der Waals surface area contributed by atoms with Gasteiger partial charge in [-0.2, -0.15) is 0 Å². The molecule has 1 aromatic rings. The summed E-state index contributed by atoms with van der Waals surface area (Å²) in [5.41, 5.74) is -1.25. The van der Waals surface area contributed by atoms with E-state index >= 15 is 0 Å². The Kier molecular flexibility index (Phi) is 12.2. The molecule has 1 aromatic carbocycles. The number of aliphatic hydroxyl groups excluding tert-OH is 2. The van der Waals surface area contributed by atoms with Crippen LogP contribution in [0.1, 0.15) is 88.0 Å². The van der Waals surface area contributed by atoms with Crippen molar-refractivity contribution in [2.75, 3.05) is 11.9 Å². The van der Waals surface area contributed by atoms with Gasteiger partial charge in [0.15, 0.2) is 0 Å².